The van der Waals surface area contributed by atoms with E-state index in [1.165, 1.54) is 19.3 Å². The highest BCUT2D eigenvalue weighted by Gasteiger charge is 2.13. The van der Waals surface area contributed by atoms with Crippen LogP contribution in [0.25, 0.3) is 10.9 Å². The third-order valence-electron chi connectivity index (χ3n) is 2.86. The van der Waals surface area contributed by atoms with Crippen molar-refractivity contribution < 1.29 is 12.8 Å². The number of aromatic nitrogens is 1. The maximum Gasteiger partial charge on any atom is 0.213 e. The molecular formula is C12H15FN4O2S. The van der Waals surface area contributed by atoms with Crippen LogP contribution in [0, 0.1) is 5.82 Å². The number of hydrogen-bond acceptors (Lipinski definition) is 5. The largest absolute Gasteiger partial charge is 0.398 e. The predicted molar refractivity (Wildman–Crippen MR) is 77.4 cm³/mol. The van der Waals surface area contributed by atoms with E-state index in [1.807, 2.05) is 0 Å². The number of nitrogens with one attached hydrogen (secondary N) is 2. The molecular weight excluding hydrogens is 283 g/mol. The van der Waals surface area contributed by atoms with Crippen LogP contribution in [0.4, 0.5) is 15.8 Å². The summed E-state index contributed by atoms with van der Waals surface area (Å²) in [4.78, 5) is 4.09. The molecule has 2 rings (SSSR count). The topological polar surface area (TPSA) is 97.1 Å². The lowest BCUT2D eigenvalue weighted by Gasteiger charge is -2.11. The highest BCUT2D eigenvalue weighted by Crippen LogP contribution is 2.29. The van der Waals surface area contributed by atoms with E-state index >= 15 is 0 Å². The number of benzene rings is 1. The van der Waals surface area contributed by atoms with Gasteiger partial charge in [-0.2, -0.15) is 0 Å². The molecule has 8 heteroatoms. The molecule has 0 aliphatic carbocycles. The molecule has 0 unspecified atom stereocenters. The number of nitrogens with zero attached hydrogens (tertiary/aromatic N) is 1. The average Bonchev–Trinajstić information content (AvgIpc) is 2.42. The fourth-order valence-electron chi connectivity index (χ4n) is 1.82. The van der Waals surface area contributed by atoms with Crippen molar-refractivity contribution in [2.75, 3.05) is 30.4 Å². The summed E-state index contributed by atoms with van der Waals surface area (Å²) in [6, 6.07) is 4.62. The van der Waals surface area contributed by atoms with Crippen molar-refractivity contribution in [3.05, 3.63) is 30.2 Å². The fraction of sp³-hybridized carbons (Fsp3) is 0.250. The van der Waals surface area contributed by atoms with Crippen LogP contribution >= 0.6 is 0 Å². The Morgan fingerprint density at radius 3 is 2.90 bits per heavy atom. The number of sulfonamides is 1. The van der Waals surface area contributed by atoms with E-state index < -0.39 is 15.8 Å². The Hall–Kier alpha value is -1.93. The highest BCUT2D eigenvalue weighted by molar-refractivity contribution is 7.89. The predicted octanol–water partition coefficient (Wildman–Crippen LogP) is 0.917. The van der Waals surface area contributed by atoms with Gasteiger partial charge in [-0.3, -0.25) is 4.98 Å². The van der Waals surface area contributed by atoms with Crippen molar-refractivity contribution in [2.45, 2.75) is 0 Å². The van der Waals surface area contributed by atoms with Crippen molar-refractivity contribution in [3.63, 3.8) is 0 Å². The number of nitrogen functional groups attached to an aromatic ring is 1. The van der Waals surface area contributed by atoms with Crippen molar-refractivity contribution in [2.24, 2.45) is 0 Å². The molecule has 1 heterocycles. The SMILES string of the molecule is CNS(=O)(=O)CCNc1c(F)cc(N)c2cccnc12. The first-order valence-electron chi connectivity index (χ1n) is 5.92. The van der Waals surface area contributed by atoms with Gasteiger partial charge in [0.25, 0.3) is 0 Å². The average molecular weight is 298 g/mol. The van der Waals surface area contributed by atoms with Gasteiger partial charge in [-0.25, -0.2) is 17.5 Å². The van der Waals surface area contributed by atoms with Gasteiger partial charge in [0.2, 0.25) is 10.0 Å². The smallest absolute Gasteiger partial charge is 0.213 e. The second kappa shape index (κ2) is 5.59. The number of fused-ring (bicyclic) bond motifs is 1. The number of pyridine rings is 1. The van der Waals surface area contributed by atoms with E-state index in [0.717, 1.165) is 0 Å². The molecule has 0 bridgehead atoms. The van der Waals surface area contributed by atoms with Gasteiger partial charge in [0.15, 0.2) is 5.82 Å². The summed E-state index contributed by atoms with van der Waals surface area (Å²) in [5.74, 6) is -0.725. The molecule has 0 amide bonds. The summed E-state index contributed by atoms with van der Waals surface area (Å²) in [6.07, 6.45) is 1.52. The molecule has 0 saturated carbocycles. The Morgan fingerprint density at radius 1 is 1.45 bits per heavy atom. The van der Waals surface area contributed by atoms with Crippen LogP contribution in [0.2, 0.25) is 0 Å². The zero-order valence-corrected chi connectivity index (χ0v) is 11.7. The first kappa shape index (κ1) is 14.5. The van der Waals surface area contributed by atoms with Crippen molar-refractivity contribution in [3.8, 4) is 0 Å². The van der Waals surface area contributed by atoms with E-state index in [9.17, 15) is 12.8 Å². The van der Waals surface area contributed by atoms with Crippen molar-refractivity contribution >= 4 is 32.3 Å². The first-order valence-corrected chi connectivity index (χ1v) is 7.57. The molecule has 0 aliphatic rings. The van der Waals surface area contributed by atoms with Gasteiger partial charge >= 0.3 is 0 Å². The van der Waals surface area contributed by atoms with Crippen LogP contribution in [0.1, 0.15) is 0 Å². The van der Waals surface area contributed by atoms with Crippen LogP contribution in [0.15, 0.2) is 24.4 Å². The maximum absolute atomic E-state index is 13.9. The summed E-state index contributed by atoms with van der Waals surface area (Å²) in [7, 11) is -2.01. The molecule has 1 aromatic carbocycles. The van der Waals surface area contributed by atoms with Gasteiger partial charge in [-0.1, -0.05) is 0 Å². The van der Waals surface area contributed by atoms with E-state index in [0.29, 0.717) is 16.6 Å². The Bertz CT molecular complexity index is 734. The third-order valence-corrected chi connectivity index (χ3v) is 4.22. The monoisotopic (exact) mass is 298 g/mol. The minimum Gasteiger partial charge on any atom is -0.398 e. The molecule has 0 saturated heterocycles. The quantitative estimate of drug-likeness (QED) is 0.713. The first-order chi connectivity index (χ1) is 9.44. The Morgan fingerprint density at radius 2 is 2.20 bits per heavy atom. The minimum atomic E-state index is -3.34. The second-order valence-electron chi connectivity index (χ2n) is 4.17. The molecule has 6 nitrogen and oxygen atoms in total. The number of nitrogens with two attached hydrogens (primary N) is 1. The molecule has 0 aliphatic heterocycles. The number of anilines is 2. The second-order valence-corrected chi connectivity index (χ2v) is 6.22. The molecule has 2 aromatic rings. The maximum atomic E-state index is 13.9. The molecule has 0 atom stereocenters. The molecule has 1 aromatic heterocycles. The van der Waals surface area contributed by atoms with Gasteiger partial charge < -0.3 is 11.1 Å². The lowest BCUT2D eigenvalue weighted by Crippen LogP contribution is -2.26. The highest BCUT2D eigenvalue weighted by atomic mass is 32.2. The van der Waals surface area contributed by atoms with Gasteiger partial charge in [0, 0.05) is 23.8 Å². The van der Waals surface area contributed by atoms with Crippen LogP contribution < -0.4 is 15.8 Å². The Balaban J connectivity index is 2.30. The number of rotatable bonds is 5. The minimum absolute atomic E-state index is 0.0652. The van der Waals surface area contributed by atoms with Gasteiger partial charge in [0.05, 0.1) is 17.0 Å². The fourth-order valence-corrected chi connectivity index (χ4v) is 2.39. The summed E-state index contributed by atoms with van der Waals surface area (Å²) in [6.45, 7) is 0.0652. The summed E-state index contributed by atoms with van der Waals surface area (Å²) in [5, 5.41) is 3.38. The lowest BCUT2D eigenvalue weighted by atomic mass is 10.1. The number of halogens is 1. The molecule has 108 valence electrons. The summed E-state index contributed by atoms with van der Waals surface area (Å²) >= 11 is 0. The standard InChI is InChI=1S/C12H15FN4O2S/c1-15-20(18,19)6-5-17-12-9(13)7-10(14)8-3-2-4-16-11(8)12/h2-4,7,15,17H,5-6,14H2,1H3. The summed E-state index contributed by atoms with van der Waals surface area (Å²) in [5.41, 5.74) is 6.56. The van der Waals surface area contributed by atoms with Crippen LogP contribution in [-0.2, 0) is 10.0 Å². The van der Waals surface area contributed by atoms with Crippen molar-refractivity contribution in [1.82, 2.24) is 9.71 Å². The summed E-state index contributed by atoms with van der Waals surface area (Å²) < 4.78 is 38.7. The van der Waals surface area contributed by atoms with Crippen molar-refractivity contribution in [1.29, 1.82) is 0 Å². The molecule has 0 fully saturated rings. The van der Waals surface area contributed by atoms with Gasteiger partial charge in [-0.15, -0.1) is 0 Å². The van der Waals surface area contributed by atoms with E-state index in [2.05, 4.69) is 15.0 Å². The molecule has 20 heavy (non-hydrogen) atoms. The zero-order chi connectivity index (χ0) is 14.8. The van der Waals surface area contributed by atoms with Crippen LogP contribution in [0.5, 0.6) is 0 Å². The van der Waals surface area contributed by atoms with Gasteiger partial charge in [-0.05, 0) is 25.2 Å². The third kappa shape index (κ3) is 2.97. The Labute approximate surface area is 116 Å². The normalized spacial score (nSPS) is 11.7. The van der Waals surface area contributed by atoms with Crippen LogP contribution in [0.3, 0.4) is 0 Å². The molecule has 0 radical (unpaired) electrons. The zero-order valence-electron chi connectivity index (χ0n) is 10.9. The van der Waals surface area contributed by atoms with E-state index in [1.54, 1.807) is 12.1 Å². The van der Waals surface area contributed by atoms with Crippen LogP contribution in [-0.4, -0.2) is 32.7 Å². The van der Waals surface area contributed by atoms with Gasteiger partial charge in [0.1, 0.15) is 0 Å². The molecule has 0 spiro atoms. The lowest BCUT2D eigenvalue weighted by molar-refractivity contribution is 0.588. The molecule has 4 N–H and O–H groups in total. The number of hydrogen-bond donors (Lipinski definition) is 3. The Kier molecular flexibility index (Phi) is 4.05. The van der Waals surface area contributed by atoms with E-state index in [4.69, 9.17) is 5.73 Å². The van der Waals surface area contributed by atoms with E-state index in [-0.39, 0.29) is 18.0 Å².